The maximum absolute atomic E-state index is 12.3. The summed E-state index contributed by atoms with van der Waals surface area (Å²) in [5.74, 6) is 0.790. The van der Waals surface area contributed by atoms with E-state index < -0.39 is 4.92 Å². The number of hydrogen-bond donors (Lipinski definition) is 1. The molecule has 2 aromatic rings. The molecule has 1 aromatic carbocycles. The van der Waals surface area contributed by atoms with Crippen LogP contribution in [0, 0.1) is 17.0 Å². The van der Waals surface area contributed by atoms with Crippen molar-refractivity contribution in [1.29, 1.82) is 0 Å². The van der Waals surface area contributed by atoms with E-state index in [1.165, 1.54) is 23.1 Å². The average Bonchev–Trinajstić information content (AvgIpc) is 2.82. The summed E-state index contributed by atoms with van der Waals surface area (Å²) in [6, 6.07) is 4.12. The fourth-order valence-electron chi connectivity index (χ4n) is 1.77. The highest BCUT2D eigenvalue weighted by atomic mass is 79.9. The van der Waals surface area contributed by atoms with Gasteiger partial charge in [0.2, 0.25) is 0 Å². The lowest BCUT2D eigenvalue weighted by atomic mass is 10.2. The molecule has 21 heavy (non-hydrogen) atoms. The van der Waals surface area contributed by atoms with E-state index in [1.54, 1.807) is 14.0 Å². The van der Waals surface area contributed by atoms with Crippen molar-refractivity contribution in [2.24, 2.45) is 0 Å². The Morgan fingerprint density at radius 3 is 2.76 bits per heavy atom. The van der Waals surface area contributed by atoms with Crippen molar-refractivity contribution in [3.05, 3.63) is 50.0 Å². The van der Waals surface area contributed by atoms with Crippen LogP contribution in [0.4, 0.5) is 5.69 Å². The molecular formula is C12H12BrN5O3. The number of benzene rings is 1. The Hall–Kier alpha value is -2.29. The highest BCUT2D eigenvalue weighted by Crippen LogP contribution is 2.22. The van der Waals surface area contributed by atoms with E-state index in [9.17, 15) is 14.9 Å². The van der Waals surface area contributed by atoms with Gasteiger partial charge in [-0.2, -0.15) is 5.10 Å². The topological polar surface area (TPSA) is 105 Å². The van der Waals surface area contributed by atoms with Crippen LogP contribution in [0.15, 0.2) is 22.7 Å². The van der Waals surface area contributed by atoms with Gasteiger partial charge in [0.05, 0.1) is 11.5 Å². The van der Waals surface area contributed by atoms with E-state index in [1.807, 2.05) is 0 Å². The molecule has 9 heteroatoms. The standard InChI is InChI=1S/C12H12BrN5O3/c1-7-14-11(16-15-7)6-17(2)12(19)8-3-9(13)5-10(4-8)18(20)21/h3-5H,6H2,1-2H3,(H,14,15,16). The summed E-state index contributed by atoms with van der Waals surface area (Å²) in [5.41, 5.74) is 0.0840. The summed E-state index contributed by atoms with van der Waals surface area (Å²) in [7, 11) is 1.58. The molecule has 0 bridgehead atoms. The number of H-pyrrole nitrogens is 1. The van der Waals surface area contributed by atoms with E-state index in [0.717, 1.165) is 0 Å². The molecule has 8 nitrogen and oxygen atoms in total. The third-order valence-corrected chi connectivity index (χ3v) is 3.17. The summed E-state index contributed by atoms with van der Waals surface area (Å²) >= 11 is 3.16. The Morgan fingerprint density at radius 1 is 1.48 bits per heavy atom. The number of aromatic amines is 1. The minimum absolute atomic E-state index is 0.144. The van der Waals surface area contributed by atoms with Gasteiger partial charge in [0.15, 0.2) is 5.82 Å². The van der Waals surface area contributed by atoms with Gasteiger partial charge in [-0.3, -0.25) is 20.0 Å². The van der Waals surface area contributed by atoms with Crippen molar-refractivity contribution in [1.82, 2.24) is 20.1 Å². The first-order valence-electron chi connectivity index (χ1n) is 5.95. The fourth-order valence-corrected chi connectivity index (χ4v) is 2.25. The van der Waals surface area contributed by atoms with Crippen LogP contribution in [0.3, 0.4) is 0 Å². The molecule has 0 radical (unpaired) electrons. The van der Waals surface area contributed by atoms with Crippen LogP contribution >= 0.6 is 15.9 Å². The summed E-state index contributed by atoms with van der Waals surface area (Å²) < 4.78 is 0.474. The lowest BCUT2D eigenvalue weighted by Gasteiger charge is -2.15. The molecule has 110 valence electrons. The molecule has 1 aromatic heterocycles. The molecule has 0 unspecified atom stereocenters. The number of amides is 1. The second-order valence-electron chi connectivity index (χ2n) is 4.45. The largest absolute Gasteiger partial charge is 0.334 e. The van der Waals surface area contributed by atoms with Crippen LogP contribution in [0.2, 0.25) is 0 Å². The molecule has 0 atom stereocenters. The van der Waals surface area contributed by atoms with Crippen LogP contribution in [-0.2, 0) is 6.54 Å². The van der Waals surface area contributed by atoms with Crippen LogP contribution in [0.25, 0.3) is 0 Å². The monoisotopic (exact) mass is 353 g/mol. The van der Waals surface area contributed by atoms with Gasteiger partial charge in [0, 0.05) is 29.2 Å². The summed E-state index contributed by atoms with van der Waals surface area (Å²) in [6.07, 6.45) is 0. The Morgan fingerprint density at radius 2 is 2.19 bits per heavy atom. The molecule has 1 amide bonds. The lowest BCUT2D eigenvalue weighted by molar-refractivity contribution is -0.385. The van der Waals surface area contributed by atoms with Gasteiger partial charge in [-0.05, 0) is 13.0 Å². The lowest BCUT2D eigenvalue weighted by Crippen LogP contribution is -2.26. The Balaban J connectivity index is 2.20. The molecule has 0 aliphatic heterocycles. The zero-order valence-corrected chi connectivity index (χ0v) is 12.9. The van der Waals surface area contributed by atoms with Crippen LogP contribution < -0.4 is 0 Å². The molecular weight excluding hydrogens is 342 g/mol. The van der Waals surface area contributed by atoms with Gasteiger partial charge in [0.1, 0.15) is 5.82 Å². The highest BCUT2D eigenvalue weighted by molar-refractivity contribution is 9.10. The number of carbonyl (C=O) groups is 1. The Kier molecular flexibility index (Phi) is 4.32. The summed E-state index contributed by atoms with van der Waals surface area (Å²) in [4.78, 5) is 28.1. The van der Waals surface area contributed by atoms with Crippen LogP contribution in [0.1, 0.15) is 22.0 Å². The van der Waals surface area contributed by atoms with Gasteiger partial charge in [-0.15, -0.1) is 0 Å². The molecule has 1 N–H and O–H groups in total. The van der Waals surface area contributed by atoms with Crippen LogP contribution in [-0.4, -0.2) is 38.0 Å². The van der Waals surface area contributed by atoms with Crippen molar-refractivity contribution in [3.8, 4) is 0 Å². The number of aryl methyl sites for hydroxylation is 1. The van der Waals surface area contributed by atoms with E-state index in [4.69, 9.17) is 0 Å². The molecule has 0 saturated heterocycles. The van der Waals surface area contributed by atoms with Crippen molar-refractivity contribution in [3.63, 3.8) is 0 Å². The molecule has 0 fully saturated rings. The Labute approximate surface area is 128 Å². The number of rotatable bonds is 4. The molecule has 0 aliphatic carbocycles. The predicted octanol–water partition coefficient (Wildman–Crippen LogP) is 2.06. The molecule has 0 spiro atoms. The van der Waals surface area contributed by atoms with Crippen molar-refractivity contribution >= 4 is 27.5 Å². The smallest absolute Gasteiger partial charge is 0.271 e. The van der Waals surface area contributed by atoms with Crippen LogP contribution in [0.5, 0.6) is 0 Å². The number of nitrogens with one attached hydrogen (secondary N) is 1. The van der Waals surface area contributed by atoms with Crippen molar-refractivity contribution < 1.29 is 9.72 Å². The number of halogens is 1. The zero-order chi connectivity index (χ0) is 15.6. The normalized spacial score (nSPS) is 10.4. The average molecular weight is 354 g/mol. The van der Waals surface area contributed by atoms with Gasteiger partial charge in [-0.25, -0.2) is 4.98 Å². The fraction of sp³-hybridized carbons (Fsp3) is 0.250. The number of nitro groups is 1. The van der Waals surface area contributed by atoms with Gasteiger partial charge in [-0.1, -0.05) is 15.9 Å². The van der Waals surface area contributed by atoms with E-state index in [-0.39, 0.29) is 23.7 Å². The minimum Gasteiger partial charge on any atom is -0.334 e. The number of nitrogens with zero attached hydrogens (tertiary/aromatic N) is 4. The summed E-state index contributed by atoms with van der Waals surface area (Å²) in [5, 5.41) is 17.5. The van der Waals surface area contributed by atoms with Gasteiger partial charge in [0.25, 0.3) is 11.6 Å². The van der Waals surface area contributed by atoms with Crippen molar-refractivity contribution in [2.45, 2.75) is 13.5 Å². The number of non-ortho nitro benzene ring substituents is 1. The number of nitro benzene ring substituents is 1. The molecule has 1 heterocycles. The third kappa shape index (κ3) is 3.63. The first-order valence-corrected chi connectivity index (χ1v) is 6.74. The predicted molar refractivity (Wildman–Crippen MR) is 77.7 cm³/mol. The Bertz CT molecular complexity index is 700. The molecule has 0 saturated carbocycles. The quantitative estimate of drug-likeness (QED) is 0.668. The van der Waals surface area contributed by atoms with E-state index in [0.29, 0.717) is 16.1 Å². The SMILES string of the molecule is Cc1nc(CN(C)C(=O)c2cc(Br)cc([N+](=O)[O-])c2)n[nH]1. The van der Waals surface area contributed by atoms with Gasteiger partial charge >= 0.3 is 0 Å². The number of aromatic nitrogens is 3. The van der Waals surface area contributed by atoms with Crippen molar-refractivity contribution in [2.75, 3.05) is 7.05 Å². The summed E-state index contributed by atoms with van der Waals surface area (Å²) in [6.45, 7) is 1.97. The second kappa shape index (κ2) is 6.00. The van der Waals surface area contributed by atoms with Gasteiger partial charge < -0.3 is 4.90 Å². The first-order chi connectivity index (χ1) is 9.86. The van der Waals surface area contributed by atoms with E-state index in [2.05, 4.69) is 31.1 Å². The third-order valence-electron chi connectivity index (χ3n) is 2.71. The molecule has 2 rings (SSSR count). The molecule has 0 aliphatic rings. The minimum atomic E-state index is -0.542. The maximum Gasteiger partial charge on any atom is 0.271 e. The maximum atomic E-state index is 12.3. The van der Waals surface area contributed by atoms with E-state index >= 15 is 0 Å². The first kappa shape index (κ1) is 15.1. The zero-order valence-electron chi connectivity index (χ0n) is 11.3. The second-order valence-corrected chi connectivity index (χ2v) is 5.37. The number of hydrogen-bond acceptors (Lipinski definition) is 5. The highest BCUT2D eigenvalue weighted by Gasteiger charge is 2.18. The number of carbonyl (C=O) groups excluding carboxylic acids is 1.